The molecule has 2 N–H and O–H groups in total. The Morgan fingerprint density at radius 2 is 1.68 bits per heavy atom. The Hall–Kier alpha value is -1.64. The van der Waals surface area contributed by atoms with Gasteiger partial charge in [-0.3, -0.25) is 9.59 Å². The van der Waals surface area contributed by atoms with Crippen LogP contribution < -0.4 is 5.73 Å². The molecule has 2 heterocycles. The van der Waals surface area contributed by atoms with Gasteiger partial charge in [-0.2, -0.15) is 4.31 Å². The molecule has 1 aromatic carbocycles. The summed E-state index contributed by atoms with van der Waals surface area (Å²) in [5.41, 5.74) is 5.51. The molecule has 28 heavy (non-hydrogen) atoms. The van der Waals surface area contributed by atoms with Crippen LogP contribution in [0.4, 0.5) is 0 Å². The number of hydrogen-bond acceptors (Lipinski definition) is 4. The number of piperidine rings is 2. The van der Waals surface area contributed by atoms with Crippen molar-refractivity contribution in [2.24, 2.45) is 17.6 Å². The average Bonchev–Trinajstić information content (AvgIpc) is 2.68. The van der Waals surface area contributed by atoms with Gasteiger partial charge in [-0.15, -0.1) is 0 Å². The summed E-state index contributed by atoms with van der Waals surface area (Å²) in [4.78, 5) is 25.9. The quantitative estimate of drug-likeness (QED) is 0.794. The molecule has 0 spiro atoms. The molecule has 2 aliphatic heterocycles. The molecule has 0 aliphatic carbocycles. The van der Waals surface area contributed by atoms with Crippen molar-refractivity contribution in [2.45, 2.75) is 37.5 Å². The monoisotopic (exact) mass is 427 g/mol. The third kappa shape index (κ3) is 4.34. The molecule has 0 radical (unpaired) electrons. The second-order valence-corrected chi connectivity index (χ2v) is 10.0. The van der Waals surface area contributed by atoms with Crippen LogP contribution in [0.3, 0.4) is 0 Å². The first-order valence-corrected chi connectivity index (χ1v) is 11.4. The van der Waals surface area contributed by atoms with Crippen molar-refractivity contribution in [3.63, 3.8) is 0 Å². The molecule has 7 nitrogen and oxygen atoms in total. The number of nitrogens with zero attached hydrogens (tertiary/aromatic N) is 2. The van der Waals surface area contributed by atoms with Crippen molar-refractivity contribution < 1.29 is 18.0 Å². The van der Waals surface area contributed by atoms with E-state index in [2.05, 4.69) is 6.92 Å². The molecule has 2 aliphatic rings. The number of carbonyl (C=O) groups is 2. The summed E-state index contributed by atoms with van der Waals surface area (Å²) in [6, 6.07) is 4.29. The van der Waals surface area contributed by atoms with Crippen molar-refractivity contribution in [1.29, 1.82) is 0 Å². The third-order valence-corrected chi connectivity index (χ3v) is 7.96. The van der Waals surface area contributed by atoms with E-state index in [4.69, 9.17) is 17.3 Å². The second-order valence-electron chi connectivity index (χ2n) is 7.70. The fourth-order valence-corrected chi connectivity index (χ4v) is 5.44. The number of nitrogens with two attached hydrogens (primary N) is 1. The predicted octanol–water partition coefficient (Wildman–Crippen LogP) is 2.10. The normalized spacial score (nSPS) is 20.3. The molecule has 2 amide bonds. The standard InChI is InChI=1S/C19H26ClN3O4S/c1-13-4-10-23(11-5-13)28(26,27)15-2-3-17(20)16(12-15)19(25)22-8-6-14(7-9-22)18(21)24/h2-3,12-14H,4-11H2,1H3,(H2,21,24). The van der Waals surface area contributed by atoms with Crippen molar-refractivity contribution >= 4 is 33.4 Å². The van der Waals surface area contributed by atoms with E-state index < -0.39 is 10.0 Å². The Morgan fingerprint density at radius 3 is 2.25 bits per heavy atom. The van der Waals surface area contributed by atoms with E-state index in [-0.39, 0.29) is 33.2 Å². The van der Waals surface area contributed by atoms with Crippen molar-refractivity contribution in [3.8, 4) is 0 Å². The zero-order valence-corrected chi connectivity index (χ0v) is 17.5. The summed E-state index contributed by atoms with van der Waals surface area (Å²) in [6.45, 7) is 3.87. The zero-order chi connectivity index (χ0) is 20.5. The van der Waals surface area contributed by atoms with E-state index in [1.54, 1.807) is 4.90 Å². The van der Waals surface area contributed by atoms with Crippen LogP contribution >= 0.6 is 11.6 Å². The summed E-state index contributed by atoms with van der Waals surface area (Å²) in [5, 5.41) is 0.216. The smallest absolute Gasteiger partial charge is 0.255 e. The molecule has 2 saturated heterocycles. The number of primary amides is 1. The minimum Gasteiger partial charge on any atom is -0.369 e. The third-order valence-electron chi connectivity index (χ3n) is 5.73. The highest BCUT2D eigenvalue weighted by Crippen LogP contribution is 2.28. The number of benzene rings is 1. The van der Waals surface area contributed by atoms with Crippen LogP contribution in [0.5, 0.6) is 0 Å². The molecule has 1 aromatic rings. The topological polar surface area (TPSA) is 101 Å². The van der Waals surface area contributed by atoms with Gasteiger partial charge in [0.05, 0.1) is 15.5 Å². The number of rotatable bonds is 4. The highest BCUT2D eigenvalue weighted by molar-refractivity contribution is 7.89. The van der Waals surface area contributed by atoms with E-state index in [9.17, 15) is 18.0 Å². The molecular weight excluding hydrogens is 402 g/mol. The van der Waals surface area contributed by atoms with E-state index in [1.165, 1.54) is 22.5 Å². The lowest BCUT2D eigenvalue weighted by Gasteiger charge is -2.31. The van der Waals surface area contributed by atoms with Gasteiger partial charge in [-0.05, 0) is 49.8 Å². The number of likely N-dealkylation sites (tertiary alicyclic amines) is 1. The number of amides is 2. The maximum absolute atomic E-state index is 13.0. The number of hydrogen-bond donors (Lipinski definition) is 1. The van der Waals surface area contributed by atoms with Crippen LogP contribution in [-0.4, -0.2) is 55.6 Å². The highest BCUT2D eigenvalue weighted by atomic mass is 35.5. The van der Waals surface area contributed by atoms with Crippen molar-refractivity contribution in [3.05, 3.63) is 28.8 Å². The number of sulfonamides is 1. The minimum atomic E-state index is -3.67. The average molecular weight is 428 g/mol. The van der Waals surface area contributed by atoms with Crippen LogP contribution in [0.1, 0.15) is 43.0 Å². The van der Waals surface area contributed by atoms with Gasteiger partial charge in [0.25, 0.3) is 5.91 Å². The van der Waals surface area contributed by atoms with Gasteiger partial charge >= 0.3 is 0 Å². The maximum atomic E-state index is 13.0. The lowest BCUT2D eigenvalue weighted by Crippen LogP contribution is -2.42. The van der Waals surface area contributed by atoms with Crippen LogP contribution in [-0.2, 0) is 14.8 Å². The van der Waals surface area contributed by atoms with Crippen LogP contribution in [0.2, 0.25) is 5.02 Å². The van der Waals surface area contributed by atoms with Gasteiger partial charge in [0.15, 0.2) is 0 Å². The first-order chi connectivity index (χ1) is 13.2. The first kappa shape index (κ1) is 21.1. The van der Waals surface area contributed by atoms with Crippen molar-refractivity contribution in [1.82, 2.24) is 9.21 Å². The van der Waals surface area contributed by atoms with Gasteiger partial charge < -0.3 is 10.6 Å². The highest BCUT2D eigenvalue weighted by Gasteiger charge is 2.31. The summed E-state index contributed by atoms with van der Waals surface area (Å²) in [5.74, 6) is -0.392. The Labute approximate surface area is 170 Å². The molecule has 3 rings (SSSR count). The first-order valence-electron chi connectivity index (χ1n) is 9.58. The van der Waals surface area contributed by atoms with Gasteiger partial charge in [-0.1, -0.05) is 18.5 Å². The molecular formula is C19H26ClN3O4S. The molecule has 154 valence electrons. The van der Waals surface area contributed by atoms with Gasteiger partial charge in [-0.25, -0.2) is 8.42 Å². The SMILES string of the molecule is CC1CCN(S(=O)(=O)c2ccc(Cl)c(C(=O)N3CCC(C(N)=O)CC3)c2)CC1. The van der Waals surface area contributed by atoms with Crippen LogP contribution in [0.15, 0.2) is 23.1 Å². The zero-order valence-electron chi connectivity index (χ0n) is 15.9. The van der Waals surface area contributed by atoms with E-state index in [1.807, 2.05) is 0 Å². The number of halogens is 1. The molecule has 0 atom stereocenters. The summed E-state index contributed by atoms with van der Waals surface area (Å²) in [6.07, 6.45) is 2.66. The van der Waals surface area contributed by atoms with Crippen molar-refractivity contribution in [2.75, 3.05) is 26.2 Å². The fraction of sp³-hybridized carbons (Fsp3) is 0.579. The Balaban J connectivity index is 1.80. The van der Waals surface area contributed by atoms with Gasteiger partial charge in [0.2, 0.25) is 15.9 Å². The van der Waals surface area contributed by atoms with Crippen LogP contribution in [0, 0.1) is 11.8 Å². The lowest BCUT2D eigenvalue weighted by molar-refractivity contribution is -0.123. The predicted molar refractivity (Wildman–Crippen MR) is 106 cm³/mol. The Morgan fingerprint density at radius 1 is 1.07 bits per heavy atom. The molecule has 0 unspecified atom stereocenters. The van der Waals surface area contributed by atoms with Gasteiger partial charge in [0.1, 0.15) is 0 Å². The van der Waals surface area contributed by atoms with Gasteiger partial charge in [0, 0.05) is 32.1 Å². The Kier molecular flexibility index (Phi) is 6.31. The van der Waals surface area contributed by atoms with E-state index >= 15 is 0 Å². The fourth-order valence-electron chi connectivity index (χ4n) is 3.74. The molecule has 9 heteroatoms. The second kappa shape index (κ2) is 8.39. The molecule has 0 aromatic heterocycles. The minimum absolute atomic E-state index is 0.0850. The lowest BCUT2D eigenvalue weighted by atomic mass is 9.96. The van der Waals surface area contributed by atoms with E-state index in [0.29, 0.717) is 44.9 Å². The largest absolute Gasteiger partial charge is 0.369 e. The van der Waals surface area contributed by atoms with E-state index in [0.717, 1.165) is 12.8 Å². The molecule has 2 fully saturated rings. The summed E-state index contributed by atoms with van der Waals surface area (Å²) >= 11 is 6.21. The van der Waals surface area contributed by atoms with Crippen LogP contribution in [0.25, 0.3) is 0 Å². The molecule has 0 bridgehead atoms. The summed E-state index contributed by atoms with van der Waals surface area (Å²) < 4.78 is 27.4. The molecule has 0 saturated carbocycles. The summed E-state index contributed by atoms with van der Waals surface area (Å²) in [7, 11) is -3.67. The maximum Gasteiger partial charge on any atom is 0.255 e. The number of carbonyl (C=O) groups excluding carboxylic acids is 2. The Bertz CT molecular complexity index is 858.